The molecule has 26 heavy (non-hydrogen) atoms. The number of rotatable bonds is 5. The van der Waals surface area contributed by atoms with Crippen LogP contribution in [0.15, 0.2) is 54.6 Å². The lowest BCUT2D eigenvalue weighted by Gasteiger charge is -2.36. The van der Waals surface area contributed by atoms with Crippen molar-refractivity contribution in [2.45, 2.75) is 32.7 Å². The maximum atomic E-state index is 12.8. The molecule has 1 aliphatic heterocycles. The number of amides is 1. The van der Waals surface area contributed by atoms with E-state index in [0.29, 0.717) is 5.92 Å². The molecule has 2 aromatic carbocycles. The Morgan fingerprint density at radius 2 is 1.58 bits per heavy atom. The second kappa shape index (κ2) is 8.37. The van der Waals surface area contributed by atoms with Crippen molar-refractivity contribution in [3.8, 4) is 0 Å². The first kappa shape index (κ1) is 18.5. The Hall–Kier alpha value is -2.33. The van der Waals surface area contributed by atoms with E-state index >= 15 is 0 Å². The summed E-state index contributed by atoms with van der Waals surface area (Å²) in [5.41, 5.74) is 3.41. The third kappa shape index (κ3) is 4.25. The number of benzene rings is 2. The molecular weight excluding hydrogens is 322 g/mol. The van der Waals surface area contributed by atoms with E-state index < -0.39 is 0 Å². The number of anilines is 2. The van der Waals surface area contributed by atoms with Gasteiger partial charge in [-0.05, 0) is 36.6 Å². The smallest absolute Gasteiger partial charge is 0.282 e. The van der Waals surface area contributed by atoms with E-state index in [2.05, 4.69) is 54.4 Å². The summed E-state index contributed by atoms with van der Waals surface area (Å²) in [6.45, 7) is 10.3. The largest absolute Gasteiger partial charge is 0.360 e. The first-order valence-electron chi connectivity index (χ1n) is 9.60. The molecule has 1 aliphatic rings. The molecule has 0 spiro atoms. The van der Waals surface area contributed by atoms with Crippen molar-refractivity contribution >= 4 is 17.3 Å². The third-order valence-electron chi connectivity index (χ3n) is 5.37. The monoisotopic (exact) mass is 352 g/mol. The Morgan fingerprint density at radius 3 is 2.23 bits per heavy atom. The topological polar surface area (TPSA) is 36.8 Å². The minimum atomic E-state index is -0.0480. The average Bonchev–Trinajstić information content (AvgIpc) is 2.68. The normalized spacial score (nSPS) is 16.5. The van der Waals surface area contributed by atoms with Crippen LogP contribution >= 0.6 is 0 Å². The van der Waals surface area contributed by atoms with Gasteiger partial charge < -0.3 is 15.1 Å². The number of piperazine rings is 1. The Morgan fingerprint density at radius 1 is 0.962 bits per heavy atom. The molecule has 1 atom stereocenters. The number of para-hydroxylation sites is 2. The standard InChI is InChI=1S/C22H29N3O/c1-17(2)20-11-7-8-12-21(20)23-22(26)18(3)24-13-15-25(16-14-24)19-9-5-4-6-10-19/h4-12,17-18H,13-16H2,1-3H3,(H,23,26)/p+1/t18-/m1/s1. The Kier molecular flexibility index (Phi) is 5.94. The lowest BCUT2D eigenvalue weighted by atomic mass is 10.0. The quantitative estimate of drug-likeness (QED) is 0.868. The van der Waals surface area contributed by atoms with Gasteiger partial charge in [0.15, 0.2) is 6.04 Å². The van der Waals surface area contributed by atoms with Gasteiger partial charge in [-0.25, -0.2) is 0 Å². The van der Waals surface area contributed by atoms with Crippen LogP contribution in [0.2, 0.25) is 0 Å². The minimum absolute atomic E-state index is 0.0480. The van der Waals surface area contributed by atoms with Gasteiger partial charge in [0.25, 0.3) is 5.91 Å². The molecule has 1 heterocycles. The molecule has 0 aliphatic carbocycles. The first-order valence-corrected chi connectivity index (χ1v) is 9.60. The average molecular weight is 353 g/mol. The van der Waals surface area contributed by atoms with Gasteiger partial charge in [0.1, 0.15) is 0 Å². The minimum Gasteiger partial charge on any atom is -0.360 e. The van der Waals surface area contributed by atoms with Gasteiger partial charge in [0, 0.05) is 11.4 Å². The molecule has 4 heteroatoms. The van der Waals surface area contributed by atoms with E-state index in [1.165, 1.54) is 16.2 Å². The summed E-state index contributed by atoms with van der Waals surface area (Å²) in [5.74, 6) is 0.504. The second-order valence-corrected chi connectivity index (χ2v) is 7.43. The summed E-state index contributed by atoms with van der Waals surface area (Å²) in [6, 6.07) is 18.6. The molecule has 4 nitrogen and oxygen atoms in total. The van der Waals surface area contributed by atoms with Crippen LogP contribution in [0.3, 0.4) is 0 Å². The molecule has 3 rings (SSSR count). The molecule has 0 bridgehead atoms. The van der Waals surface area contributed by atoms with Gasteiger partial charge in [-0.1, -0.05) is 50.2 Å². The molecule has 0 radical (unpaired) electrons. The number of nitrogens with zero attached hydrogens (tertiary/aromatic N) is 1. The van der Waals surface area contributed by atoms with Crippen LogP contribution in [0.1, 0.15) is 32.3 Å². The first-order chi connectivity index (χ1) is 12.6. The third-order valence-corrected chi connectivity index (χ3v) is 5.37. The van der Waals surface area contributed by atoms with Crippen molar-refractivity contribution in [3.63, 3.8) is 0 Å². The number of quaternary nitrogens is 1. The Balaban J connectivity index is 1.58. The van der Waals surface area contributed by atoms with E-state index in [0.717, 1.165) is 31.9 Å². The maximum absolute atomic E-state index is 12.8. The molecular formula is C22H30N3O+. The fourth-order valence-electron chi connectivity index (χ4n) is 3.66. The number of nitrogens with one attached hydrogen (secondary N) is 2. The summed E-state index contributed by atoms with van der Waals surface area (Å²) in [4.78, 5) is 16.6. The van der Waals surface area contributed by atoms with Gasteiger partial charge in [0.2, 0.25) is 0 Å². The van der Waals surface area contributed by atoms with Crippen molar-refractivity contribution < 1.29 is 9.69 Å². The second-order valence-electron chi connectivity index (χ2n) is 7.43. The van der Waals surface area contributed by atoms with Crippen molar-refractivity contribution in [2.75, 3.05) is 36.4 Å². The Bertz CT molecular complexity index is 721. The molecule has 2 N–H and O–H groups in total. The van der Waals surface area contributed by atoms with Crippen LogP contribution in [0.5, 0.6) is 0 Å². The fraction of sp³-hybridized carbons (Fsp3) is 0.409. The van der Waals surface area contributed by atoms with Crippen LogP contribution in [0.4, 0.5) is 11.4 Å². The zero-order chi connectivity index (χ0) is 18.5. The van der Waals surface area contributed by atoms with E-state index in [9.17, 15) is 4.79 Å². The van der Waals surface area contributed by atoms with Crippen molar-refractivity contribution in [2.24, 2.45) is 0 Å². The number of hydrogen-bond acceptors (Lipinski definition) is 2. The predicted molar refractivity (Wildman–Crippen MR) is 108 cm³/mol. The van der Waals surface area contributed by atoms with Crippen LogP contribution in [0, 0.1) is 0 Å². The zero-order valence-electron chi connectivity index (χ0n) is 16.0. The van der Waals surface area contributed by atoms with Crippen molar-refractivity contribution in [1.82, 2.24) is 0 Å². The van der Waals surface area contributed by atoms with Gasteiger partial charge in [-0.15, -0.1) is 0 Å². The lowest BCUT2D eigenvalue weighted by Crippen LogP contribution is -3.19. The van der Waals surface area contributed by atoms with Crippen LogP contribution < -0.4 is 15.1 Å². The van der Waals surface area contributed by atoms with Crippen LogP contribution in [0.25, 0.3) is 0 Å². The molecule has 1 fully saturated rings. The van der Waals surface area contributed by atoms with Gasteiger partial charge in [0.05, 0.1) is 26.2 Å². The SMILES string of the molecule is CC(C)c1ccccc1NC(=O)[C@@H](C)[NH+]1CCN(c2ccccc2)CC1. The highest BCUT2D eigenvalue weighted by Crippen LogP contribution is 2.23. The van der Waals surface area contributed by atoms with E-state index in [1.807, 2.05) is 31.2 Å². The highest BCUT2D eigenvalue weighted by molar-refractivity contribution is 5.94. The summed E-state index contributed by atoms with van der Waals surface area (Å²) in [6.07, 6.45) is 0. The number of hydrogen-bond donors (Lipinski definition) is 2. The van der Waals surface area contributed by atoms with E-state index in [1.54, 1.807) is 0 Å². The van der Waals surface area contributed by atoms with E-state index in [4.69, 9.17) is 0 Å². The molecule has 138 valence electrons. The number of carbonyl (C=O) groups is 1. The van der Waals surface area contributed by atoms with E-state index in [-0.39, 0.29) is 11.9 Å². The van der Waals surface area contributed by atoms with Crippen LogP contribution in [-0.4, -0.2) is 38.1 Å². The predicted octanol–water partition coefficient (Wildman–Crippen LogP) is 2.54. The summed E-state index contributed by atoms with van der Waals surface area (Å²) >= 11 is 0. The maximum Gasteiger partial charge on any atom is 0.282 e. The molecule has 0 unspecified atom stereocenters. The van der Waals surface area contributed by atoms with Gasteiger partial charge in [-0.3, -0.25) is 4.79 Å². The molecule has 0 aromatic heterocycles. The highest BCUT2D eigenvalue weighted by Gasteiger charge is 2.29. The van der Waals surface area contributed by atoms with Gasteiger partial charge >= 0.3 is 0 Å². The summed E-state index contributed by atoms with van der Waals surface area (Å²) in [7, 11) is 0. The zero-order valence-corrected chi connectivity index (χ0v) is 16.0. The molecule has 1 saturated heterocycles. The Labute approximate surface area is 156 Å². The van der Waals surface area contributed by atoms with Gasteiger partial charge in [-0.2, -0.15) is 0 Å². The molecule has 1 amide bonds. The summed E-state index contributed by atoms with van der Waals surface area (Å²) in [5, 5.41) is 3.16. The highest BCUT2D eigenvalue weighted by atomic mass is 16.2. The summed E-state index contributed by atoms with van der Waals surface area (Å²) < 4.78 is 0. The van der Waals surface area contributed by atoms with Crippen LogP contribution in [-0.2, 0) is 4.79 Å². The van der Waals surface area contributed by atoms with Crippen molar-refractivity contribution in [3.05, 3.63) is 60.2 Å². The lowest BCUT2D eigenvalue weighted by molar-refractivity contribution is -0.914. The van der Waals surface area contributed by atoms with Crippen molar-refractivity contribution in [1.29, 1.82) is 0 Å². The molecule has 0 saturated carbocycles. The number of carbonyl (C=O) groups excluding carboxylic acids is 1. The fourth-order valence-corrected chi connectivity index (χ4v) is 3.66. The molecule has 2 aromatic rings.